The summed E-state index contributed by atoms with van der Waals surface area (Å²) in [4.78, 5) is 58.8. The average Bonchev–Trinajstić information content (AvgIpc) is 2.84. The van der Waals surface area contributed by atoms with Crippen LogP contribution in [0.25, 0.3) is 0 Å². The Morgan fingerprint density at radius 2 is 1.77 bits per heavy atom. The molecule has 0 radical (unpaired) electrons. The van der Waals surface area contributed by atoms with Crippen LogP contribution in [0.4, 0.5) is 11.5 Å². The van der Waals surface area contributed by atoms with Crippen LogP contribution in [0.5, 0.6) is 0 Å². The number of piperazine rings is 1. The van der Waals surface area contributed by atoms with Gasteiger partial charge in [-0.15, -0.1) is 0 Å². The highest BCUT2D eigenvalue weighted by atomic mass is 16.5. The van der Waals surface area contributed by atoms with E-state index in [0.717, 1.165) is 25.7 Å². The molecule has 2 amide bonds. The number of nitrogens with zero attached hydrogens (tertiary/aromatic N) is 4. The van der Waals surface area contributed by atoms with Gasteiger partial charge in [-0.1, -0.05) is 33.1 Å². The van der Waals surface area contributed by atoms with Crippen molar-refractivity contribution < 1.29 is 14.3 Å². The van der Waals surface area contributed by atoms with Gasteiger partial charge >= 0.3 is 5.69 Å². The lowest BCUT2D eigenvalue weighted by Gasteiger charge is -2.37. The lowest BCUT2D eigenvalue weighted by molar-refractivity contribution is -0.138. The second-order valence-corrected chi connectivity index (χ2v) is 9.97. The maximum Gasteiger partial charge on any atom is 0.330 e. The third-order valence-electron chi connectivity index (χ3n) is 6.85. The molecule has 3 N–H and O–H groups in total. The fourth-order valence-corrected chi connectivity index (χ4v) is 4.94. The Kier molecular flexibility index (Phi) is 9.50. The summed E-state index contributed by atoms with van der Waals surface area (Å²) in [6, 6.07) is 0. The second kappa shape index (κ2) is 12.3. The molecule has 11 nitrogen and oxygen atoms in total. The summed E-state index contributed by atoms with van der Waals surface area (Å²) in [5.41, 5.74) is 4.93. The molecule has 0 bridgehead atoms. The predicted octanol–water partition coefficient (Wildman–Crippen LogP) is 0.479. The fourth-order valence-electron chi connectivity index (χ4n) is 4.94. The molecule has 2 heterocycles. The van der Waals surface area contributed by atoms with Gasteiger partial charge < -0.3 is 20.3 Å². The zero-order chi connectivity index (χ0) is 25.5. The molecule has 2 aliphatic rings. The van der Waals surface area contributed by atoms with Crippen LogP contribution < -0.4 is 21.9 Å². The van der Waals surface area contributed by atoms with Crippen molar-refractivity contribution in [3.63, 3.8) is 0 Å². The predicted molar refractivity (Wildman–Crippen MR) is 134 cm³/mol. The van der Waals surface area contributed by atoms with Crippen LogP contribution in [-0.4, -0.2) is 84.2 Å². The number of aromatic amines is 1. The van der Waals surface area contributed by atoms with E-state index >= 15 is 0 Å². The van der Waals surface area contributed by atoms with Crippen molar-refractivity contribution in [1.29, 1.82) is 0 Å². The number of nitrogens with two attached hydrogens (primary N) is 1. The third-order valence-corrected chi connectivity index (χ3v) is 6.85. The fraction of sp³-hybridized carbons (Fsp3) is 0.750. The summed E-state index contributed by atoms with van der Waals surface area (Å²) in [6.07, 6.45) is 5.40. The monoisotopic (exact) mass is 492 g/mol. The second-order valence-electron chi connectivity index (χ2n) is 9.97. The topological polar surface area (TPSA) is 134 Å². The van der Waals surface area contributed by atoms with Crippen molar-refractivity contribution in [2.75, 3.05) is 63.6 Å². The normalized spacial score (nSPS) is 17.7. The maximum absolute atomic E-state index is 13.4. The molecule has 1 aliphatic carbocycles. The quantitative estimate of drug-likeness (QED) is 0.512. The molecule has 0 spiro atoms. The number of H-pyrrole nitrogens is 1. The lowest BCUT2D eigenvalue weighted by Crippen LogP contribution is -2.53. The minimum atomic E-state index is -0.695. The van der Waals surface area contributed by atoms with Crippen LogP contribution in [0, 0.1) is 11.8 Å². The molecule has 0 aromatic carbocycles. The van der Waals surface area contributed by atoms with Crippen molar-refractivity contribution in [3.8, 4) is 0 Å². The van der Waals surface area contributed by atoms with Crippen LogP contribution in [0.3, 0.4) is 0 Å². The van der Waals surface area contributed by atoms with E-state index in [-0.39, 0.29) is 54.9 Å². The van der Waals surface area contributed by atoms with E-state index in [2.05, 4.69) is 4.98 Å². The molecule has 1 aliphatic heterocycles. The summed E-state index contributed by atoms with van der Waals surface area (Å²) in [5, 5.41) is 0. The number of methoxy groups -OCH3 is 1. The minimum Gasteiger partial charge on any atom is -0.383 e. The number of hydrogen-bond donors (Lipinski definition) is 2. The van der Waals surface area contributed by atoms with Crippen LogP contribution >= 0.6 is 0 Å². The number of rotatable bonds is 9. The Balaban J connectivity index is 1.71. The zero-order valence-corrected chi connectivity index (χ0v) is 21.3. The molecule has 196 valence electrons. The van der Waals surface area contributed by atoms with Crippen molar-refractivity contribution in [3.05, 3.63) is 20.8 Å². The third kappa shape index (κ3) is 6.72. The highest BCUT2D eigenvalue weighted by Gasteiger charge is 2.30. The van der Waals surface area contributed by atoms with E-state index in [1.54, 1.807) is 0 Å². The first kappa shape index (κ1) is 26.9. The molecule has 0 unspecified atom stereocenters. The van der Waals surface area contributed by atoms with Crippen molar-refractivity contribution in [2.24, 2.45) is 11.8 Å². The van der Waals surface area contributed by atoms with Gasteiger partial charge in [0.2, 0.25) is 11.8 Å². The standard InChI is InChI=1S/C24H40N6O5/c1-17(2)15-30-21(25)20(22(32)26-24(30)34)29(13-14-35-3)19(31)16-27-9-11-28(12-10-27)23(33)18-7-5-4-6-8-18/h17-18H,4-16,25H2,1-3H3,(H,26,32,34). The van der Waals surface area contributed by atoms with Gasteiger partial charge in [-0.05, 0) is 18.8 Å². The summed E-state index contributed by atoms with van der Waals surface area (Å²) in [7, 11) is 1.51. The van der Waals surface area contributed by atoms with Crippen LogP contribution in [-0.2, 0) is 20.9 Å². The number of anilines is 2. The van der Waals surface area contributed by atoms with Gasteiger partial charge in [-0.25, -0.2) is 4.79 Å². The van der Waals surface area contributed by atoms with Crippen molar-refractivity contribution in [1.82, 2.24) is 19.4 Å². The van der Waals surface area contributed by atoms with Crippen molar-refractivity contribution >= 4 is 23.3 Å². The average molecular weight is 493 g/mol. The number of carbonyl (C=O) groups is 2. The van der Waals surface area contributed by atoms with Gasteiger partial charge in [0.15, 0.2) is 5.69 Å². The Bertz CT molecular complexity index is 989. The molecule has 2 fully saturated rings. The Hall–Kier alpha value is -2.66. The molecule has 35 heavy (non-hydrogen) atoms. The summed E-state index contributed by atoms with van der Waals surface area (Å²) < 4.78 is 6.45. The smallest absolute Gasteiger partial charge is 0.330 e. The molecule has 0 atom stereocenters. The largest absolute Gasteiger partial charge is 0.383 e. The molecule has 1 saturated heterocycles. The number of nitrogen functional groups attached to an aromatic ring is 1. The SMILES string of the molecule is COCCN(C(=O)CN1CCN(C(=O)C2CCCCC2)CC1)c1c(N)n(CC(C)C)c(=O)[nH]c1=O. The molecule has 3 rings (SSSR count). The summed E-state index contributed by atoms with van der Waals surface area (Å²) >= 11 is 0. The van der Waals surface area contributed by atoms with Crippen LogP contribution in [0.1, 0.15) is 46.0 Å². The molecule has 11 heteroatoms. The number of nitrogens with one attached hydrogen (secondary N) is 1. The lowest BCUT2D eigenvalue weighted by atomic mass is 9.88. The summed E-state index contributed by atoms with van der Waals surface area (Å²) in [6.45, 7) is 6.94. The van der Waals surface area contributed by atoms with E-state index in [1.807, 2.05) is 23.6 Å². The molecule has 1 aromatic rings. The first-order valence-corrected chi connectivity index (χ1v) is 12.7. The Labute approximate surface area is 206 Å². The number of aromatic nitrogens is 2. The molecule has 1 aromatic heterocycles. The number of hydrogen-bond acceptors (Lipinski definition) is 7. The van der Waals surface area contributed by atoms with Gasteiger partial charge in [-0.2, -0.15) is 0 Å². The minimum absolute atomic E-state index is 0.0280. The van der Waals surface area contributed by atoms with Crippen LogP contribution in [0.2, 0.25) is 0 Å². The number of carbonyl (C=O) groups excluding carboxylic acids is 2. The van der Waals surface area contributed by atoms with Gasteiger partial charge in [0.1, 0.15) is 5.82 Å². The van der Waals surface area contributed by atoms with Crippen LogP contribution in [0.15, 0.2) is 9.59 Å². The van der Waals surface area contributed by atoms with E-state index in [9.17, 15) is 19.2 Å². The Morgan fingerprint density at radius 3 is 2.37 bits per heavy atom. The Morgan fingerprint density at radius 1 is 1.11 bits per heavy atom. The molecular weight excluding hydrogens is 452 g/mol. The van der Waals surface area contributed by atoms with E-state index in [1.165, 1.54) is 23.0 Å². The maximum atomic E-state index is 13.4. The summed E-state index contributed by atoms with van der Waals surface area (Å²) in [5.74, 6) is 0.159. The van der Waals surface area contributed by atoms with Gasteiger partial charge in [0, 0.05) is 52.3 Å². The number of amides is 2. The number of ether oxygens (including phenoxy) is 1. The zero-order valence-electron chi connectivity index (χ0n) is 21.3. The van der Waals surface area contributed by atoms with Gasteiger partial charge in [0.25, 0.3) is 5.56 Å². The van der Waals surface area contributed by atoms with E-state index in [4.69, 9.17) is 10.5 Å². The van der Waals surface area contributed by atoms with E-state index < -0.39 is 11.2 Å². The van der Waals surface area contributed by atoms with Crippen molar-refractivity contribution in [2.45, 2.75) is 52.5 Å². The van der Waals surface area contributed by atoms with Gasteiger partial charge in [-0.3, -0.25) is 28.8 Å². The highest BCUT2D eigenvalue weighted by molar-refractivity contribution is 5.96. The first-order valence-electron chi connectivity index (χ1n) is 12.7. The highest BCUT2D eigenvalue weighted by Crippen LogP contribution is 2.26. The molecule has 1 saturated carbocycles. The van der Waals surface area contributed by atoms with Gasteiger partial charge in [0.05, 0.1) is 13.2 Å². The molecular formula is C24H40N6O5. The first-order chi connectivity index (χ1) is 16.7. The van der Waals surface area contributed by atoms with E-state index in [0.29, 0.717) is 32.7 Å².